The molecule has 110 valence electrons. The number of rotatable bonds is 5. The molecule has 21 heavy (non-hydrogen) atoms. The number of nitrogens with one attached hydrogen (secondary N) is 2. The molecule has 2 aromatic rings. The summed E-state index contributed by atoms with van der Waals surface area (Å²) >= 11 is 0. The van der Waals surface area contributed by atoms with Crippen molar-refractivity contribution < 1.29 is 19.2 Å². The molecule has 0 aliphatic rings. The van der Waals surface area contributed by atoms with Crippen LogP contribution in [0.5, 0.6) is 0 Å². The summed E-state index contributed by atoms with van der Waals surface area (Å²) in [6.45, 7) is -0.180. The number of nitro groups is 1. The Kier molecular flexibility index (Phi) is 4.24. The van der Waals surface area contributed by atoms with Crippen molar-refractivity contribution in [1.29, 1.82) is 0 Å². The van der Waals surface area contributed by atoms with Crippen molar-refractivity contribution in [2.45, 2.75) is 6.10 Å². The van der Waals surface area contributed by atoms with Gasteiger partial charge in [-0.1, -0.05) is 12.1 Å². The van der Waals surface area contributed by atoms with Gasteiger partial charge in [0, 0.05) is 6.54 Å². The van der Waals surface area contributed by atoms with Crippen LogP contribution < -0.4 is 5.32 Å². The summed E-state index contributed by atoms with van der Waals surface area (Å²) in [5.41, 5.74) is -0.342. The molecule has 3 N–H and O–H groups in total. The normalized spacial score (nSPS) is 11.9. The predicted molar refractivity (Wildman–Crippen MR) is 68.9 cm³/mol. The third-order valence-electron chi connectivity index (χ3n) is 2.75. The molecule has 0 fully saturated rings. The highest BCUT2D eigenvalue weighted by Crippen LogP contribution is 2.15. The average Bonchev–Trinajstić information content (AvgIpc) is 2.95. The lowest BCUT2D eigenvalue weighted by Gasteiger charge is -2.11. The monoisotopic (exact) mass is 294 g/mol. The zero-order valence-electron chi connectivity index (χ0n) is 10.6. The standard InChI is InChI=1S/C12H11FN4O4/c13-8-3-1-7(2-4-8)10(18)6-14-12(19)11-9(17(20)21)5-15-16-11/h1-5,10,18H,6H2,(H,14,19)(H,15,16). The van der Waals surface area contributed by atoms with Gasteiger partial charge >= 0.3 is 5.69 Å². The maximum atomic E-state index is 12.7. The van der Waals surface area contributed by atoms with E-state index in [1.165, 1.54) is 24.3 Å². The number of aliphatic hydroxyl groups is 1. The molecule has 0 bridgehead atoms. The van der Waals surface area contributed by atoms with Gasteiger partial charge in [-0.15, -0.1) is 0 Å². The van der Waals surface area contributed by atoms with Crippen LogP contribution in [-0.4, -0.2) is 32.7 Å². The second kappa shape index (κ2) is 6.09. The van der Waals surface area contributed by atoms with E-state index in [0.717, 1.165) is 6.20 Å². The number of hydrogen-bond acceptors (Lipinski definition) is 5. The summed E-state index contributed by atoms with van der Waals surface area (Å²) in [6.07, 6.45) is -0.137. The van der Waals surface area contributed by atoms with Gasteiger partial charge in [0.1, 0.15) is 12.0 Å². The van der Waals surface area contributed by atoms with Gasteiger partial charge in [0.2, 0.25) is 5.69 Å². The zero-order valence-corrected chi connectivity index (χ0v) is 10.6. The van der Waals surface area contributed by atoms with Crippen molar-refractivity contribution in [3.05, 3.63) is 57.7 Å². The van der Waals surface area contributed by atoms with E-state index in [1.807, 2.05) is 0 Å². The third-order valence-corrected chi connectivity index (χ3v) is 2.75. The SMILES string of the molecule is O=C(NCC(O)c1ccc(F)cc1)c1[nH]ncc1[N+](=O)[O-]. The summed E-state index contributed by atoms with van der Waals surface area (Å²) < 4.78 is 12.7. The van der Waals surface area contributed by atoms with Crippen molar-refractivity contribution in [3.63, 3.8) is 0 Å². The summed E-state index contributed by atoms with van der Waals surface area (Å²) in [6, 6.07) is 5.12. The molecule has 9 heteroatoms. The molecule has 8 nitrogen and oxygen atoms in total. The summed E-state index contributed by atoms with van der Waals surface area (Å²) in [7, 11) is 0. The molecule has 0 radical (unpaired) electrons. The van der Waals surface area contributed by atoms with Gasteiger partial charge < -0.3 is 10.4 Å². The lowest BCUT2D eigenvalue weighted by atomic mass is 10.1. The van der Waals surface area contributed by atoms with E-state index >= 15 is 0 Å². The molecule has 2 rings (SSSR count). The molecular weight excluding hydrogens is 283 g/mol. The highest BCUT2D eigenvalue weighted by Gasteiger charge is 2.23. The Morgan fingerprint density at radius 3 is 2.76 bits per heavy atom. The summed E-state index contributed by atoms with van der Waals surface area (Å²) in [5, 5.41) is 28.5. The highest BCUT2D eigenvalue weighted by atomic mass is 19.1. The van der Waals surface area contributed by atoms with E-state index in [0.29, 0.717) is 5.56 Å². The summed E-state index contributed by atoms with van der Waals surface area (Å²) in [4.78, 5) is 21.7. The number of H-pyrrole nitrogens is 1. The predicted octanol–water partition coefficient (Wildman–Crippen LogP) is 0.920. The Labute approximate surface area is 117 Å². The van der Waals surface area contributed by atoms with Crippen molar-refractivity contribution in [3.8, 4) is 0 Å². The highest BCUT2D eigenvalue weighted by molar-refractivity contribution is 5.95. The Hall–Kier alpha value is -2.81. The fourth-order valence-electron chi connectivity index (χ4n) is 1.67. The van der Waals surface area contributed by atoms with Gasteiger partial charge in [0.25, 0.3) is 5.91 Å². The van der Waals surface area contributed by atoms with Crippen molar-refractivity contribution in [1.82, 2.24) is 15.5 Å². The molecule has 0 aliphatic heterocycles. The number of hydrogen-bond donors (Lipinski definition) is 3. The van der Waals surface area contributed by atoms with Crippen LogP contribution >= 0.6 is 0 Å². The van der Waals surface area contributed by atoms with Crippen LogP contribution in [0, 0.1) is 15.9 Å². The topological polar surface area (TPSA) is 121 Å². The fraction of sp³-hybridized carbons (Fsp3) is 0.167. The molecule has 1 aromatic heterocycles. The van der Waals surface area contributed by atoms with Crippen LogP contribution in [0.3, 0.4) is 0 Å². The molecule has 1 amide bonds. The quantitative estimate of drug-likeness (QED) is 0.559. The molecular formula is C12H11FN4O4. The van der Waals surface area contributed by atoms with E-state index in [1.54, 1.807) is 0 Å². The second-order valence-electron chi connectivity index (χ2n) is 4.16. The van der Waals surface area contributed by atoms with Gasteiger partial charge in [-0.25, -0.2) is 4.39 Å². The third kappa shape index (κ3) is 3.39. The molecule has 1 aromatic carbocycles. The number of carbonyl (C=O) groups excluding carboxylic acids is 1. The number of carbonyl (C=O) groups is 1. The smallest absolute Gasteiger partial charge is 0.319 e. The van der Waals surface area contributed by atoms with Gasteiger partial charge in [-0.05, 0) is 17.7 Å². The minimum Gasteiger partial charge on any atom is -0.387 e. The first kappa shape index (κ1) is 14.6. The van der Waals surface area contributed by atoms with Crippen LogP contribution in [0.15, 0.2) is 30.5 Å². The first-order valence-corrected chi connectivity index (χ1v) is 5.88. The number of benzene rings is 1. The lowest BCUT2D eigenvalue weighted by Crippen LogP contribution is -2.29. The average molecular weight is 294 g/mol. The Balaban J connectivity index is 1.99. The molecule has 0 aliphatic carbocycles. The fourth-order valence-corrected chi connectivity index (χ4v) is 1.67. The van der Waals surface area contributed by atoms with Crippen LogP contribution in [0.2, 0.25) is 0 Å². The number of aromatic nitrogens is 2. The molecule has 1 unspecified atom stereocenters. The van der Waals surface area contributed by atoms with E-state index < -0.39 is 28.4 Å². The van der Waals surface area contributed by atoms with Gasteiger partial charge in [-0.2, -0.15) is 5.10 Å². The van der Waals surface area contributed by atoms with Crippen LogP contribution in [-0.2, 0) is 0 Å². The molecule has 0 saturated heterocycles. The van der Waals surface area contributed by atoms with Crippen molar-refractivity contribution in [2.75, 3.05) is 6.54 Å². The van der Waals surface area contributed by atoms with Crippen LogP contribution in [0.4, 0.5) is 10.1 Å². The number of halogens is 1. The maximum absolute atomic E-state index is 12.7. The maximum Gasteiger partial charge on any atom is 0.319 e. The minimum absolute atomic E-state index is 0.180. The first-order valence-electron chi connectivity index (χ1n) is 5.88. The Morgan fingerprint density at radius 1 is 1.48 bits per heavy atom. The molecule has 1 heterocycles. The van der Waals surface area contributed by atoms with Crippen molar-refractivity contribution >= 4 is 11.6 Å². The zero-order chi connectivity index (χ0) is 15.4. The van der Waals surface area contributed by atoms with Crippen LogP contribution in [0.1, 0.15) is 22.2 Å². The number of aromatic amines is 1. The molecule has 0 saturated carbocycles. The van der Waals surface area contributed by atoms with Crippen molar-refractivity contribution in [2.24, 2.45) is 0 Å². The first-order chi connectivity index (χ1) is 9.99. The second-order valence-corrected chi connectivity index (χ2v) is 4.16. The Morgan fingerprint density at radius 2 is 2.14 bits per heavy atom. The van der Waals surface area contributed by atoms with Crippen LogP contribution in [0.25, 0.3) is 0 Å². The van der Waals surface area contributed by atoms with E-state index in [2.05, 4.69) is 15.5 Å². The van der Waals surface area contributed by atoms with Gasteiger partial charge in [0.05, 0.1) is 11.0 Å². The molecule has 0 spiro atoms. The Bertz CT molecular complexity index is 656. The lowest BCUT2D eigenvalue weighted by molar-refractivity contribution is -0.385. The largest absolute Gasteiger partial charge is 0.387 e. The number of amides is 1. The minimum atomic E-state index is -1.06. The van der Waals surface area contributed by atoms with E-state index in [-0.39, 0.29) is 12.2 Å². The number of aliphatic hydroxyl groups excluding tert-OH is 1. The number of nitrogens with zero attached hydrogens (tertiary/aromatic N) is 2. The van der Waals surface area contributed by atoms with Gasteiger partial charge in [0.15, 0.2) is 0 Å². The van der Waals surface area contributed by atoms with E-state index in [4.69, 9.17) is 0 Å². The van der Waals surface area contributed by atoms with E-state index in [9.17, 15) is 24.4 Å². The molecule has 1 atom stereocenters. The summed E-state index contributed by atoms with van der Waals surface area (Å²) in [5.74, 6) is -1.21. The van der Waals surface area contributed by atoms with Gasteiger partial charge in [-0.3, -0.25) is 20.0 Å².